The molecular formula is C25H57N3O. The van der Waals surface area contributed by atoms with Crippen molar-refractivity contribution in [1.29, 1.82) is 0 Å². The van der Waals surface area contributed by atoms with Crippen LogP contribution in [0, 0.1) is 11.8 Å². The summed E-state index contributed by atoms with van der Waals surface area (Å²) in [6, 6.07) is 0.420. The summed E-state index contributed by atoms with van der Waals surface area (Å²) in [4.78, 5) is 12.5. The minimum atomic E-state index is -0.109. The van der Waals surface area contributed by atoms with Crippen molar-refractivity contribution in [3.8, 4) is 0 Å². The van der Waals surface area contributed by atoms with E-state index in [1.54, 1.807) is 0 Å². The molecule has 2 aliphatic rings. The molecule has 1 aliphatic carbocycles. The van der Waals surface area contributed by atoms with E-state index in [0.29, 0.717) is 17.9 Å². The molecular weight excluding hydrogens is 358 g/mol. The highest BCUT2D eigenvalue weighted by molar-refractivity contribution is 5.82. The molecule has 1 saturated heterocycles. The van der Waals surface area contributed by atoms with Crippen molar-refractivity contribution in [2.24, 2.45) is 11.8 Å². The van der Waals surface area contributed by atoms with Crippen LogP contribution in [0.5, 0.6) is 0 Å². The number of piperidine rings is 1. The fraction of sp³-hybridized carbons (Fsp3) is 0.960. The monoisotopic (exact) mass is 415 g/mol. The maximum absolute atomic E-state index is 12.5. The Bertz CT molecular complexity index is 384. The molecule has 1 aliphatic heterocycles. The van der Waals surface area contributed by atoms with Crippen LogP contribution in [0.2, 0.25) is 0 Å². The lowest BCUT2D eigenvalue weighted by Crippen LogP contribution is -2.56. The van der Waals surface area contributed by atoms with Gasteiger partial charge in [0.05, 0.1) is 6.04 Å². The highest BCUT2D eigenvalue weighted by Gasteiger charge is 2.31. The van der Waals surface area contributed by atoms with Crippen LogP contribution in [-0.2, 0) is 4.79 Å². The first-order chi connectivity index (χ1) is 13.3. The maximum atomic E-state index is 12.5. The Morgan fingerprint density at radius 1 is 1.00 bits per heavy atom. The minimum absolute atomic E-state index is 0. The Hall–Kier alpha value is -0.610. The molecule has 0 bridgehead atoms. The van der Waals surface area contributed by atoms with E-state index in [-0.39, 0.29) is 25.1 Å². The first-order valence-electron chi connectivity index (χ1n) is 12.4. The van der Waals surface area contributed by atoms with Crippen molar-refractivity contribution in [3.63, 3.8) is 0 Å². The first kappa shape index (κ1) is 30.6. The molecule has 0 spiro atoms. The third kappa shape index (κ3) is 13.3. The van der Waals surface area contributed by atoms with E-state index in [0.717, 1.165) is 19.3 Å². The lowest BCUT2D eigenvalue weighted by Gasteiger charge is -2.36. The predicted octanol–water partition coefficient (Wildman–Crippen LogP) is 7.26. The molecule has 0 aromatic heterocycles. The number of hydrogen-bond acceptors (Lipinski definition) is 3. The summed E-state index contributed by atoms with van der Waals surface area (Å²) in [6.07, 6.45) is 14.5. The number of amides is 1. The van der Waals surface area contributed by atoms with Gasteiger partial charge >= 0.3 is 0 Å². The zero-order valence-electron chi connectivity index (χ0n) is 21.2. The van der Waals surface area contributed by atoms with Gasteiger partial charge in [-0.3, -0.25) is 4.79 Å². The third-order valence-electron chi connectivity index (χ3n) is 6.46. The molecule has 1 amide bonds. The number of nitrogens with one attached hydrogen (secondary N) is 2. The summed E-state index contributed by atoms with van der Waals surface area (Å²) in [7, 11) is 0. The Morgan fingerprint density at radius 2 is 1.45 bits per heavy atom. The largest absolute Gasteiger partial charge is 0.350 e. The Balaban J connectivity index is -0.000000617. The van der Waals surface area contributed by atoms with E-state index in [1.807, 2.05) is 13.8 Å². The van der Waals surface area contributed by atoms with Gasteiger partial charge in [0.25, 0.3) is 0 Å². The van der Waals surface area contributed by atoms with Gasteiger partial charge in [-0.15, -0.1) is 0 Å². The van der Waals surface area contributed by atoms with Crippen molar-refractivity contribution in [3.05, 3.63) is 0 Å². The Kier molecular flexibility index (Phi) is 18.0. The molecule has 178 valence electrons. The van der Waals surface area contributed by atoms with Gasteiger partial charge in [0.1, 0.15) is 0 Å². The van der Waals surface area contributed by atoms with Crippen molar-refractivity contribution < 1.29 is 6.22 Å². The van der Waals surface area contributed by atoms with E-state index < -0.39 is 0 Å². The van der Waals surface area contributed by atoms with E-state index in [1.165, 1.54) is 51.4 Å². The molecule has 29 heavy (non-hydrogen) atoms. The van der Waals surface area contributed by atoms with Gasteiger partial charge in [0.15, 0.2) is 0 Å². The average molecular weight is 416 g/mol. The SMILES string of the molecule is C1CCCCC1.CC.CCC(CC)CC(C)(C)NC(=O)C1CCC(C)C(C)N1.N.[HH]. The molecule has 2 rings (SSSR count). The predicted molar refractivity (Wildman–Crippen MR) is 132 cm³/mol. The van der Waals surface area contributed by atoms with E-state index in [2.05, 4.69) is 52.2 Å². The van der Waals surface area contributed by atoms with Crippen molar-refractivity contribution in [1.82, 2.24) is 16.8 Å². The maximum Gasteiger partial charge on any atom is 0.237 e. The smallest absolute Gasteiger partial charge is 0.237 e. The normalized spacial score (nSPS) is 24.2. The molecule has 1 heterocycles. The molecule has 2 fully saturated rings. The summed E-state index contributed by atoms with van der Waals surface area (Å²) < 4.78 is 0. The van der Waals surface area contributed by atoms with Crippen LogP contribution in [0.1, 0.15) is 127 Å². The van der Waals surface area contributed by atoms with Crippen molar-refractivity contribution >= 4 is 5.91 Å². The number of carbonyl (C=O) groups excluding carboxylic acids is 1. The van der Waals surface area contributed by atoms with Crippen LogP contribution in [0.15, 0.2) is 0 Å². The lowest BCUT2D eigenvalue weighted by atomic mass is 9.86. The Labute approximate surface area is 184 Å². The van der Waals surface area contributed by atoms with E-state index in [9.17, 15) is 4.79 Å². The van der Waals surface area contributed by atoms with Crippen LogP contribution in [0.25, 0.3) is 0 Å². The number of carbonyl (C=O) groups is 1. The summed E-state index contributed by atoms with van der Waals surface area (Å²) in [5.41, 5.74) is -0.109. The number of rotatable bonds is 6. The van der Waals surface area contributed by atoms with Crippen molar-refractivity contribution in [2.45, 2.75) is 144 Å². The molecule has 3 atom stereocenters. The Morgan fingerprint density at radius 3 is 1.83 bits per heavy atom. The summed E-state index contributed by atoms with van der Waals surface area (Å²) in [5, 5.41) is 6.72. The standard InChI is InChI=1S/C17H34N2O.C6H12.C2H6.H3N.H2/c1-7-14(8-2)11-17(5,6)19-16(20)15-10-9-12(3)13(4)18-15;1-2-4-6-5-3-1;1-2;;/h12-15,18H,7-11H2,1-6H3,(H,19,20);1-6H2;1-2H3;1H3;1H. The van der Waals surface area contributed by atoms with Gasteiger partial charge in [0, 0.05) is 13.0 Å². The molecule has 4 nitrogen and oxygen atoms in total. The van der Waals surface area contributed by atoms with Gasteiger partial charge in [-0.25, -0.2) is 0 Å². The van der Waals surface area contributed by atoms with Crippen LogP contribution >= 0.6 is 0 Å². The number of hydrogen-bond donors (Lipinski definition) is 3. The van der Waals surface area contributed by atoms with E-state index in [4.69, 9.17) is 0 Å². The lowest BCUT2D eigenvalue weighted by molar-refractivity contribution is -0.126. The third-order valence-corrected chi connectivity index (χ3v) is 6.46. The second-order valence-electron chi connectivity index (χ2n) is 9.44. The average Bonchev–Trinajstić information content (AvgIpc) is 2.71. The fourth-order valence-corrected chi connectivity index (χ4v) is 4.28. The van der Waals surface area contributed by atoms with Crippen LogP contribution < -0.4 is 16.8 Å². The highest BCUT2D eigenvalue weighted by atomic mass is 16.2. The van der Waals surface area contributed by atoms with Gasteiger partial charge in [-0.1, -0.05) is 86.0 Å². The van der Waals surface area contributed by atoms with Crippen LogP contribution in [-0.4, -0.2) is 23.5 Å². The van der Waals surface area contributed by atoms with Crippen LogP contribution in [0.3, 0.4) is 0 Å². The summed E-state index contributed by atoms with van der Waals surface area (Å²) in [5.74, 6) is 1.54. The molecule has 4 heteroatoms. The topological polar surface area (TPSA) is 76.1 Å². The molecule has 0 aromatic rings. The quantitative estimate of drug-likeness (QED) is 0.427. The van der Waals surface area contributed by atoms with Crippen LogP contribution in [0.4, 0.5) is 0 Å². The fourth-order valence-electron chi connectivity index (χ4n) is 4.28. The minimum Gasteiger partial charge on any atom is -0.350 e. The molecule has 1 saturated carbocycles. The molecule has 3 unspecified atom stereocenters. The van der Waals surface area contributed by atoms with Gasteiger partial charge < -0.3 is 16.8 Å². The second kappa shape index (κ2) is 17.1. The van der Waals surface area contributed by atoms with Crippen molar-refractivity contribution in [2.75, 3.05) is 0 Å². The molecule has 5 N–H and O–H groups in total. The van der Waals surface area contributed by atoms with Gasteiger partial charge in [-0.2, -0.15) is 0 Å². The molecule has 0 radical (unpaired) electrons. The first-order valence-corrected chi connectivity index (χ1v) is 12.4. The van der Waals surface area contributed by atoms with Gasteiger partial charge in [-0.05, 0) is 51.9 Å². The summed E-state index contributed by atoms with van der Waals surface area (Å²) in [6.45, 7) is 17.2. The zero-order chi connectivity index (χ0) is 21.6. The van der Waals surface area contributed by atoms with Gasteiger partial charge in [0.2, 0.25) is 5.91 Å². The highest BCUT2D eigenvalue weighted by Crippen LogP contribution is 2.23. The van der Waals surface area contributed by atoms with E-state index >= 15 is 0 Å². The molecule has 0 aromatic carbocycles. The zero-order valence-corrected chi connectivity index (χ0v) is 21.2. The summed E-state index contributed by atoms with van der Waals surface area (Å²) >= 11 is 0. The second-order valence-corrected chi connectivity index (χ2v) is 9.44.